The summed E-state index contributed by atoms with van der Waals surface area (Å²) in [5.74, 6) is 2.29. The van der Waals surface area contributed by atoms with Gasteiger partial charge in [-0.05, 0) is 132 Å². The highest BCUT2D eigenvalue weighted by molar-refractivity contribution is 7.20. The zero-order valence-corrected chi connectivity index (χ0v) is 58.8. The molecule has 0 bridgehead atoms. The number of benzene rings is 12. The Morgan fingerprint density at radius 2 is 0.814 bits per heavy atom. The van der Waals surface area contributed by atoms with Gasteiger partial charge in [0.25, 0.3) is 5.69 Å². The molecule has 1 aliphatic rings. The van der Waals surface area contributed by atoms with Crippen molar-refractivity contribution in [2.45, 2.75) is 78.6 Å². The first-order chi connectivity index (χ1) is 47.0. The highest BCUT2D eigenvalue weighted by Crippen LogP contribution is 2.45. The summed E-state index contributed by atoms with van der Waals surface area (Å²) in [5, 5.41) is 12.9. The maximum absolute atomic E-state index is 7.17. The number of hydrogen-bond donors (Lipinski definition) is 0. The Morgan fingerprint density at radius 1 is 0.340 bits per heavy atom. The largest absolute Gasteiger partial charge is 0.503 e. The molecule has 0 radical (unpaired) electrons. The highest BCUT2D eigenvalue weighted by atomic mass is 28.3. The normalized spacial score (nSPS) is 12.8. The Kier molecular flexibility index (Phi) is 15.9. The molecular formula is C90H80N4OSi2+2. The molecule has 5 nitrogen and oxygen atoms in total. The minimum atomic E-state index is -2.89. The summed E-state index contributed by atoms with van der Waals surface area (Å²) >= 11 is 0. The Hall–Kier alpha value is -10.8. The van der Waals surface area contributed by atoms with Crippen molar-refractivity contribution in [1.29, 1.82) is 0 Å². The zero-order valence-electron chi connectivity index (χ0n) is 56.8. The molecule has 472 valence electrons. The van der Waals surface area contributed by atoms with Gasteiger partial charge in [0.05, 0.1) is 22.7 Å². The number of para-hydroxylation sites is 1. The van der Waals surface area contributed by atoms with E-state index in [9.17, 15) is 0 Å². The minimum Gasteiger partial charge on any atom is -0.457 e. The predicted octanol–water partition coefficient (Wildman–Crippen LogP) is 17.1. The molecule has 0 saturated heterocycles. The molecule has 0 N–H and O–H groups in total. The van der Waals surface area contributed by atoms with E-state index in [1.165, 1.54) is 58.2 Å². The maximum atomic E-state index is 7.17. The molecule has 7 heteroatoms. The molecule has 0 aliphatic carbocycles. The van der Waals surface area contributed by atoms with Gasteiger partial charge < -0.3 is 4.74 Å². The molecule has 97 heavy (non-hydrogen) atoms. The third kappa shape index (κ3) is 11.2. The van der Waals surface area contributed by atoms with E-state index >= 15 is 0 Å². The molecule has 0 fully saturated rings. The van der Waals surface area contributed by atoms with Crippen LogP contribution in [0, 0.1) is 0 Å². The van der Waals surface area contributed by atoms with Crippen molar-refractivity contribution in [3.63, 3.8) is 0 Å². The van der Waals surface area contributed by atoms with E-state index in [1.807, 2.05) is 6.20 Å². The number of rotatable bonds is 14. The van der Waals surface area contributed by atoms with Gasteiger partial charge >= 0.3 is 11.7 Å². The van der Waals surface area contributed by atoms with E-state index in [-0.39, 0.29) is 16.2 Å². The monoisotopic (exact) mass is 1290 g/mol. The third-order valence-electron chi connectivity index (χ3n) is 19.8. The molecule has 0 amide bonds. The van der Waals surface area contributed by atoms with E-state index in [0.717, 1.165) is 67.2 Å². The van der Waals surface area contributed by atoms with Crippen LogP contribution in [0.3, 0.4) is 0 Å². The first-order valence-electron chi connectivity index (χ1n) is 33.9. The molecule has 0 spiro atoms. The predicted molar refractivity (Wildman–Crippen MR) is 415 cm³/mol. The summed E-state index contributed by atoms with van der Waals surface area (Å²) in [6.45, 7) is 20.7. The number of pyridine rings is 1. The van der Waals surface area contributed by atoms with Gasteiger partial charge in [-0.25, -0.2) is 4.98 Å². The van der Waals surface area contributed by atoms with Gasteiger partial charge in [-0.1, -0.05) is 299 Å². The fraction of sp³-hybridized carbons (Fsp3) is 0.133. The van der Waals surface area contributed by atoms with Gasteiger partial charge in [0.15, 0.2) is 16.1 Å². The topological polar surface area (TPSA) is 33.1 Å². The smallest absolute Gasteiger partial charge is 0.457 e. The van der Waals surface area contributed by atoms with Crippen molar-refractivity contribution in [3.8, 4) is 28.4 Å². The second-order valence-electron chi connectivity index (χ2n) is 29.0. The maximum Gasteiger partial charge on any atom is 0.503 e. The average molecular weight is 1290 g/mol. The van der Waals surface area contributed by atoms with E-state index in [0.29, 0.717) is 5.75 Å². The Bertz CT molecular complexity index is 5110. The van der Waals surface area contributed by atoms with Gasteiger partial charge in [0.1, 0.15) is 17.3 Å². The standard InChI is InChI=1S/C90H80N4OSi2/c1-88(2,3)65-53-54-91-86(59-65)94-83-52-50-79(97(75-40-22-13-23-41-75,76-42-24-14-25-43-76)77-44-26-15-27-45-77)62-82(83)81-51-49-71(61-85(81)94)95-70-33-29-32-68(60-70)92-63-93(69-57-66(89(4,5)6)56-67(58-69)90(7,8)9)87-80(47-30-48-84(87)92)64-31-28-46-78(55-64)96(72-34-16-10-17-35-72,73-36-18-11-19-37-73)74-38-20-12-21-39-74/h10-62H,1-9H3/q+2. The van der Waals surface area contributed by atoms with Crippen LogP contribution in [0.4, 0.5) is 22.7 Å². The van der Waals surface area contributed by atoms with Gasteiger partial charge in [-0.2, -0.15) is 0 Å². The molecule has 12 aromatic carbocycles. The van der Waals surface area contributed by atoms with Gasteiger partial charge in [0, 0.05) is 47.3 Å². The van der Waals surface area contributed by atoms with Crippen molar-refractivity contribution in [1.82, 2.24) is 18.7 Å². The lowest BCUT2D eigenvalue weighted by atomic mass is 9.80. The Morgan fingerprint density at radius 3 is 1.33 bits per heavy atom. The first-order valence-corrected chi connectivity index (χ1v) is 37.9. The van der Waals surface area contributed by atoms with Crippen molar-refractivity contribution in [2.75, 3.05) is 0 Å². The van der Waals surface area contributed by atoms with Gasteiger partial charge in [-0.3, -0.25) is 4.57 Å². The first kappa shape index (κ1) is 62.3. The van der Waals surface area contributed by atoms with Gasteiger partial charge in [0.2, 0.25) is 11.4 Å². The van der Waals surface area contributed by atoms with Crippen LogP contribution in [0.2, 0.25) is 0 Å². The fourth-order valence-corrected chi connectivity index (χ4v) is 24.4. The molecule has 3 heterocycles. The lowest BCUT2D eigenvalue weighted by Gasteiger charge is -2.34. The summed E-state index contributed by atoms with van der Waals surface area (Å²) < 4.78 is 14.0. The summed E-state index contributed by atoms with van der Waals surface area (Å²) in [4.78, 5) is 5.15. The molecule has 1 aliphatic heterocycles. The van der Waals surface area contributed by atoms with Crippen LogP contribution >= 0.6 is 0 Å². The van der Waals surface area contributed by atoms with Crippen molar-refractivity contribution in [3.05, 3.63) is 338 Å². The van der Waals surface area contributed by atoms with Gasteiger partial charge in [-0.15, -0.1) is 0 Å². The molecular weight excluding hydrogens is 1210 g/mol. The molecule has 15 rings (SSSR count). The van der Waals surface area contributed by atoms with Crippen LogP contribution in [0.1, 0.15) is 79.0 Å². The number of aromatic nitrogens is 2. The van der Waals surface area contributed by atoms with E-state index in [1.54, 1.807) is 0 Å². The summed E-state index contributed by atoms with van der Waals surface area (Å²) in [5.41, 5.74) is 11.8. The highest BCUT2D eigenvalue weighted by Gasteiger charge is 2.45. The lowest BCUT2D eigenvalue weighted by Crippen LogP contribution is -2.74. The lowest BCUT2D eigenvalue weighted by molar-refractivity contribution is 0.483. The van der Waals surface area contributed by atoms with E-state index < -0.39 is 16.1 Å². The quantitative estimate of drug-likeness (QED) is 0.0618. The number of hydrogen-bond acceptors (Lipinski definition) is 2. The summed E-state index contributed by atoms with van der Waals surface area (Å²) in [7, 11) is -5.77. The van der Waals surface area contributed by atoms with Crippen LogP contribution < -0.4 is 55.4 Å². The number of fused-ring (bicyclic) bond motifs is 4. The third-order valence-corrected chi connectivity index (χ3v) is 29.3. The Labute approximate surface area is 573 Å². The minimum absolute atomic E-state index is 0.0998. The van der Waals surface area contributed by atoms with E-state index in [2.05, 4.69) is 397 Å². The molecule has 0 unspecified atom stereocenters. The molecule has 14 aromatic rings. The van der Waals surface area contributed by atoms with Crippen LogP contribution in [0.5, 0.6) is 11.5 Å². The number of nitrogens with zero attached hydrogens (tertiary/aromatic N) is 4. The summed E-state index contributed by atoms with van der Waals surface area (Å²) in [6.07, 6.45) is 1.96. The molecule has 2 aromatic heterocycles. The van der Waals surface area contributed by atoms with Crippen molar-refractivity contribution < 1.29 is 4.74 Å². The van der Waals surface area contributed by atoms with E-state index in [4.69, 9.17) is 9.72 Å². The number of ether oxygens (including phenoxy) is 1. The average Bonchev–Trinajstić information content (AvgIpc) is 1.71. The second-order valence-corrected chi connectivity index (χ2v) is 36.6. The van der Waals surface area contributed by atoms with Crippen LogP contribution in [0.15, 0.2) is 322 Å². The van der Waals surface area contributed by atoms with Crippen molar-refractivity contribution >= 4 is 108 Å². The van der Waals surface area contributed by atoms with Crippen LogP contribution in [-0.4, -0.2) is 31.7 Å². The molecule has 0 atom stereocenters. The summed E-state index contributed by atoms with van der Waals surface area (Å²) in [6, 6.07) is 121. The molecule has 0 saturated carbocycles. The van der Waals surface area contributed by atoms with Crippen LogP contribution in [-0.2, 0) is 16.2 Å². The zero-order chi connectivity index (χ0) is 66.7. The van der Waals surface area contributed by atoms with Crippen molar-refractivity contribution in [2.24, 2.45) is 0 Å². The SMILES string of the molecule is CC(C)(C)c1cc([N+]2=C=[N+](c3cccc(Oc4ccc5c6cc([Si](c7ccccc7)(c7ccccc7)c7ccccc7)ccc6n(-c6cc(C(C)(C)C)ccn6)c5c4)c3)c3cccc(-c4cccc([Si](c5ccccc5)(c5ccccc5)c5ccccc5)c4)c32)cc(C(C)(C)C)c1. The van der Waals surface area contributed by atoms with Crippen LogP contribution in [0.25, 0.3) is 38.8 Å². The second kappa shape index (κ2) is 24.8. The fourth-order valence-electron chi connectivity index (χ4n) is 14.8. The Balaban J connectivity index is 0.892.